The van der Waals surface area contributed by atoms with Gasteiger partial charge in [0.15, 0.2) is 0 Å². The lowest BCUT2D eigenvalue weighted by atomic mass is 10.0. The Hall–Kier alpha value is -1.01. The van der Waals surface area contributed by atoms with Crippen molar-refractivity contribution >= 4 is 5.91 Å². The number of amides is 1. The zero-order valence-corrected chi connectivity index (χ0v) is 7.26. The highest BCUT2D eigenvalue weighted by Gasteiger charge is 2.18. The topological polar surface area (TPSA) is 41.1 Å². The van der Waals surface area contributed by atoms with Crippen molar-refractivity contribution in [2.75, 3.05) is 6.54 Å². The van der Waals surface area contributed by atoms with E-state index in [4.69, 9.17) is 6.42 Å². The number of piperidine rings is 1. The molecule has 66 valence electrons. The van der Waals surface area contributed by atoms with Crippen LogP contribution in [0.1, 0.15) is 19.8 Å². The number of terminal acetylenes is 1. The lowest BCUT2D eigenvalue weighted by Gasteiger charge is -2.27. The van der Waals surface area contributed by atoms with E-state index in [1.807, 2.05) is 0 Å². The first-order chi connectivity index (χ1) is 5.72. The van der Waals surface area contributed by atoms with Crippen molar-refractivity contribution in [3.05, 3.63) is 0 Å². The van der Waals surface area contributed by atoms with Crippen LogP contribution in [0.25, 0.3) is 0 Å². The molecule has 1 amide bonds. The molecule has 1 aliphatic heterocycles. The average Bonchev–Trinajstić information content (AvgIpc) is 2.04. The molecule has 0 aromatic heterocycles. The third-order valence-corrected chi connectivity index (χ3v) is 2.09. The number of rotatable bonds is 1. The highest BCUT2D eigenvalue weighted by Crippen LogP contribution is 2.07. The van der Waals surface area contributed by atoms with Gasteiger partial charge in [0.2, 0.25) is 0 Å². The Morgan fingerprint density at radius 3 is 3.08 bits per heavy atom. The molecule has 3 nitrogen and oxygen atoms in total. The van der Waals surface area contributed by atoms with Crippen LogP contribution in [-0.2, 0) is 4.79 Å². The summed E-state index contributed by atoms with van der Waals surface area (Å²) in [6, 6.07) is 0.728. The second-order valence-electron chi connectivity index (χ2n) is 3.19. The van der Waals surface area contributed by atoms with Crippen molar-refractivity contribution in [3.8, 4) is 12.3 Å². The normalized spacial score (nSPS) is 29.0. The van der Waals surface area contributed by atoms with Gasteiger partial charge < -0.3 is 10.6 Å². The first-order valence-corrected chi connectivity index (χ1v) is 4.23. The molecule has 0 bridgehead atoms. The maximum Gasteiger partial charge on any atom is 0.295 e. The fraction of sp³-hybridized carbons (Fsp3) is 0.667. The Morgan fingerprint density at radius 2 is 2.50 bits per heavy atom. The number of hydrogen-bond acceptors (Lipinski definition) is 2. The minimum Gasteiger partial charge on any atom is -0.342 e. The molecular formula is C9H14N2O. The third-order valence-electron chi connectivity index (χ3n) is 2.09. The van der Waals surface area contributed by atoms with Crippen LogP contribution in [-0.4, -0.2) is 24.5 Å². The van der Waals surface area contributed by atoms with E-state index in [1.165, 1.54) is 0 Å². The number of carbonyl (C=O) groups excluding carboxylic acids is 1. The van der Waals surface area contributed by atoms with Gasteiger partial charge in [-0.25, -0.2) is 0 Å². The quantitative estimate of drug-likeness (QED) is 0.533. The molecule has 0 spiro atoms. The van der Waals surface area contributed by atoms with Crippen molar-refractivity contribution in [1.29, 1.82) is 0 Å². The molecule has 2 N–H and O–H groups in total. The average molecular weight is 166 g/mol. The highest BCUT2D eigenvalue weighted by atomic mass is 16.1. The minimum atomic E-state index is -0.297. The van der Waals surface area contributed by atoms with Crippen molar-refractivity contribution < 1.29 is 4.79 Å². The van der Waals surface area contributed by atoms with Crippen LogP contribution in [0.15, 0.2) is 0 Å². The van der Waals surface area contributed by atoms with Crippen LogP contribution in [0.5, 0.6) is 0 Å². The summed E-state index contributed by atoms with van der Waals surface area (Å²) in [6.45, 7) is 3.06. The van der Waals surface area contributed by atoms with Gasteiger partial charge in [-0.15, -0.1) is 6.42 Å². The Kier molecular flexibility index (Phi) is 3.12. The van der Waals surface area contributed by atoms with E-state index in [2.05, 4.69) is 23.5 Å². The fourth-order valence-electron chi connectivity index (χ4n) is 1.49. The molecule has 3 heteroatoms. The van der Waals surface area contributed by atoms with E-state index in [9.17, 15) is 4.79 Å². The van der Waals surface area contributed by atoms with Crippen LogP contribution in [0.4, 0.5) is 0 Å². The molecule has 1 aliphatic rings. The van der Waals surface area contributed by atoms with Crippen molar-refractivity contribution in [3.63, 3.8) is 0 Å². The maximum absolute atomic E-state index is 10.8. The van der Waals surface area contributed by atoms with Gasteiger partial charge in [0, 0.05) is 12.1 Å². The van der Waals surface area contributed by atoms with Gasteiger partial charge in [-0.05, 0) is 32.2 Å². The zero-order valence-electron chi connectivity index (χ0n) is 7.26. The summed E-state index contributed by atoms with van der Waals surface area (Å²) in [5.74, 6) is 1.76. The summed E-state index contributed by atoms with van der Waals surface area (Å²) in [5, 5.41) is 6.08. The summed E-state index contributed by atoms with van der Waals surface area (Å²) < 4.78 is 0. The summed E-state index contributed by atoms with van der Waals surface area (Å²) in [5.41, 5.74) is 0. The standard InChI is InChI=1S/C9H14N2O/c1-3-9(12)11-8-4-5-10-7(2)6-8/h1,7-8,10H,4-6H2,2H3,(H,11,12). The summed E-state index contributed by atoms with van der Waals surface area (Å²) in [6.07, 6.45) is 6.88. The van der Waals surface area contributed by atoms with E-state index in [1.54, 1.807) is 0 Å². The van der Waals surface area contributed by atoms with Gasteiger partial charge in [0.05, 0.1) is 0 Å². The molecule has 0 radical (unpaired) electrons. The first-order valence-electron chi connectivity index (χ1n) is 4.23. The molecular weight excluding hydrogens is 152 g/mol. The molecule has 2 atom stereocenters. The van der Waals surface area contributed by atoms with Gasteiger partial charge in [0.25, 0.3) is 5.91 Å². The van der Waals surface area contributed by atoms with Gasteiger partial charge >= 0.3 is 0 Å². The molecule has 0 aromatic rings. The van der Waals surface area contributed by atoms with E-state index < -0.39 is 0 Å². The third kappa shape index (κ3) is 2.55. The monoisotopic (exact) mass is 166 g/mol. The number of carbonyl (C=O) groups is 1. The van der Waals surface area contributed by atoms with Crippen LogP contribution in [0.2, 0.25) is 0 Å². The predicted octanol–water partition coefficient (Wildman–Crippen LogP) is -0.124. The molecule has 1 rings (SSSR count). The Morgan fingerprint density at radius 1 is 1.75 bits per heavy atom. The Bertz CT molecular complexity index is 207. The molecule has 0 aromatic carbocycles. The van der Waals surface area contributed by atoms with E-state index in [-0.39, 0.29) is 11.9 Å². The summed E-state index contributed by atoms with van der Waals surface area (Å²) in [7, 11) is 0. The summed E-state index contributed by atoms with van der Waals surface area (Å²) >= 11 is 0. The van der Waals surface area contributed by atoms with Gasteiger partial charge in [-0.3, -0.25) is 4.79 Å². The lowest BCUT2D eigenvalue weighted by Crippen LogP contribution is -2.46. The molecule has 1 fully saturated rings. The highest BCUT2D eigenvalue weighted by molar-refractivity contribution is 5.92. The Balaban J connectivity index is 2.33. The molecule has 1 heterocycles. The molecule has 0 aliphatic carbocycles. The maximum atomic E-state index is 10.8. The van der Waals surface area contributed by atoms with Crippen LogP contribution < -0.4 is 10.6 Å². The first kappa shape index (κ1) is 9.08. The lowest BCUT2D eigenvalue weighted by molar-refractivity contribution is -0.116. The largest absolute Gasteiger partial charge is 0.342 e. The smallest absolute Gasteiger partial charge is 0.295 e. The fourth-order valence-corrected chi connectivity index (χ4v) is 1.49. The minimum absolute atomic E-state index is 0.254. The van der Waals surface area contributed by atoms with E-state index in [0.717, 1.165) is 19.4 Å². The predicted molar refractivity (Wildman–Crippen MR) is 47.5 cm³/mol. The second-order valence-corrected chi connectivity index (χ2v) is 3.19. The SMILES string of the molecule is C#CC(=O)NC1CCNC(C)C1. The molecule has 0 saturated carbocycles. The van der Waals surface area contributed by atoms with E-state index >= 15 is 0 Å². The van der Waals surface area contributed by atoms with Gasteiger partial charge in [-0.1, -0.05) is 0 Å². The van der Waals surface area contributed by atoms with E-state index in [0.29, 0.717) is 6.04 Å². The molecule has 1 saturated heterocycles. The van der Waals surface area contributed by atoms with Crippen LogP contribution in [0.3, 0.4) is 0 Å². The second kappa shape index (κ2) is 4.13. The molecule has 2 unspecified atom stereocenters. The van der Waals surface area contributed by atoms with Gasteiger partial charge in [-0.2, -0.15) is 0 Å². The molecule has 12 heavy (non-hydrogen) atoms. The zero-order chi connectivity index (χ0) is 8.97. The van der Waals surface area contributed by atoms with Crippen molar-refractivity contribution in [2.45, 2.75) is 31.8 Å². The van der Waals surface area contributed by atoms with Crippen molar-refractivity contribution in [1.82, 2.24) is 10.6 Å². The van der Waals surface area contributed by atoms with Crippen molar-refractivity contribution in [2.24, 2.45) is 0 Å². The van der Waals surface area contributed by atoms with Crippen LogP contribution >= 0.6 is 0 Å². The number of nitrogens with one attached hydrogen (secondary N) is 2. The number of hydrogen-bond donors (Lipinski definition) is 2. The summed E-state index contributed by atoms with van der Waals surface area (Å²) in [4.78, 5) is 10.8. The van der Waals surface area contributed by atoms with Gasteiger partial charge in [0.1, 0.15) is 0 Å². The van der Waals surface area contributed by atoms with Crippen LogP contribution in [0, 0.1) is 12.3 Å². The Labute approximate surface area is 72.9 Å².